The molecule has 0 nitrogen and oxygen atoms in total. The van der Waals surface area contributed by atoms with Crippen LogP contribution in [0.1, 0.15) is 25.8 Å². The van der Waals surface area contributed by atoms with Gasteiger partial charge >= 0.3 is 0 Å². The van der Waals surface area contributed by atoms with Gasteiger partial charge in [0.05, 0.1) is 0 Å². The summed E-state index contributed by atoms with van der Waals surface area (Å²) >= 11 is 0. The van der Waals surface area contributed by atoms with Gasteiger partial charge in [-0.05, 0) is 31.2 Å². The summed E-state index contributed by atoms with van der Waals surface area (Å²) in [5.74, 6) is 0.609. The second-order valence-corrected chi connectivity index (χ2v) is 4.54. The maximum absolute atomic E-state index is 2.40. The number of hydrogen-bond acceptors (Lipinski definition) is 0. The van der Waals surface area contributed by atoms with Gasteiger partial charge in [-0.2, -0.15) is 0 Å². The van der Waals surface area contributed by atoms with Crippen LogP contribution in [-0.2, 0) is 6.42 Å². The molecule has 1 atom stereocenters. The Morgan fingerprint density at radius 1 is 1.13 bits per heavy atom. The summed E-state index contributed by atoms with van der Waals surface area (Å²) in [6, 6.07) is 10.7. The Balaban J connectivity index is 2.08. The monoisotopic (exact) mass is 198 g/mol. The molecule has 15 heavy (non-hydrogen) atoms. The molecule has 1 aromatic carbocycles. The van der Waals surface area contributed by atoms with Gasteiger partial charge in [0.1, 0.15) is 0 Å². The summed E-state index contributed by atoms with van der Waals surface area (Å²) in [6.45, 7) is 4.49. The third-order valence-electron chi connectivity index (χ3n) is 2.83. The number of allylic oxidation sites excluding steroid dienone is 4. The van der Waals surface area contributed by atoms with E-state index in [-0.39, 0.29) is 0 Å². The fourth-order valence-corrected chi connectivity index (χ4v) is 2.32. The van der Waals surface area contributed by atoms with Gasteiger partial charge in [-0.15, -0.1) is 0 Å². The predicted molar refractivity (Wildman–Crippen MR) is 65.8 cm³/mol. The van der Waals surface area contributed by atoms with Gasteiger partial charge in [0.2, 0.25) is 0 Å². The van der Waals surface area contributed by atoms with E-state index in [0.29, 0.717) is 5.92 Å². The van der Waals surface area contributed by atoms with Crippen LogP contribution in [0.3, 0.4) is 0 Å². The number of hydrogen-bond donors (Lipinski definition) is 0. The molecule has 0 radical (unpaired) electrons. The summed E-state index contributed by atoms with van der Waals surface area (Å²) < 4.78 is 0. The molecule has 0 saturated heterocycles. The van der Waals surface area contributed by atoms with Crippen LogP contribution >= 0.6 is 0 Å². The molecule has 0 aromatic heterocycles. The van der Waals surface area contributed by atoms with E-state index < -0.39 is 0 Å². The highest BCUT2D eigenvalue weighted by molar-refractivity contribution is 5.29. The van der Waals surface area contributed by atoms with Gasteiger partial charge < -0.3 is 0 Å². The molecule has 0 heterocycles. The Morgan fingerprint density at radius 3 is 2.53 bits per heavy atom. The normalized spacial score (nSPS) is 20.8. The highest BCUT2D eigenvalue weighted by Gasteiger charge is 2.08. The molecule has 0 amide bonds. The first-order valence-corrected chi connectivity index (χ1v) is 5.65. The van der Waals surface area contributed by atoms with Crippen molar-refractivity contribution in [3.8, 4) is 0 Å². The Kier molecular flexibility index (Phi) is 3.05. The van der Waals surface area contributed by atoms with E-state index in [1.165, 1.54) is 11.1 Å². The van der Waals surface area contributed by atoms with Crippen molar-refractivity contribution in [2.24, 2.45) is 5.92 Å². The van der Waals surface area contributed by atoms with Crippen LogP contribution in [0.4, 0.5) is 0 Å². The van der Waals surface area contributed by atoms with Crippen molar-refractivity contribution in [1.29, 1.82) is 0 Å². The fourth-order valence-electron chi connectivity index (χ4n) is 2.32. The van der Waals surface area contributed by atoms with Crippen LogP contribution in [0.15, 0.2) is 53.6 Å². The maximum Gasteiger partial charge on any atom is -0.00637 e. The minimum Gasteiger partial charge on any atom is -0.0786 e. The highest BCUT2D eigenvalue weighted by atomic mass is 14.1. The molecule has 0 fully saturated rings. The van der Waals surface area contributed by atoms with Crippen molar-refractivity contribution in [2.75, 3.05) is 0 Å². The van der Waals surface area contributed by atoms with E-state index in [1.54, 1.807) is 5.57 Å². The van der Waals surface area contributed by atoms with Crippen LogP contribution in [0.2, 0.25) is 0 Å². The molecule has 1 aliphatic rings. The Labute approximate surface area is 92.3 Å². The van der Waals surface area contributed by atoms with Crippen LogP contribution < -0.4 is 0 Å². The number of benzene rings is 1. The first-order chi connectivity index (χ1) is 7.24. The van der Waals surface area contributed by atoms with Crippen LogP contribution in [0, 0.1) is 5.92 Å². The number of rotatable bonds is 2. The molecule has 0 saturated carbocycles. The molecule has 2 rings (SSSR count). The van der Waals surface area contributed by atoms with Crippen LogP contribution in [-0.4, -0.2) is 0 Å². The molecular weight excluding hydrogens is 180 g/mol. The lowest BCUT2D eigenvalue weighted by Gasteiger charge is -2.16. The van der Waals surface area contributed by atoms with E-state index >= 15 is 0 Å². The molecule has 1 unspecified atom stereocenters. The van der Waals surface area contributed by atoms with Gasteiger partial charge in [-0.1, -0.05) is 60.6 Å². The molecule has 0 spiro atoms. The van der Waals surface area contributed by atoms with Crippen molar-refractivity contribution < 1.29 is 0 Å². The second-order valence-electron chi connectivity index (χ2n) is 4.54. The minimum absolute atomic E-state index is 0.609. The first-order valence-electron chi connectivity index (χ1n) is 5.65. The van der Waals surface area contributed by atoms with Gasteiger partial charge in [0, 0.05) is 0 Å². The molecule has 0 bridgehead atoms. The summed E-state index contributed by atoms with van der Waals surface area (Å²) in [5.41, 5.74) is 4.50. The highest BCUT2D eigenvalue weighted by Crippen LogP contribution is 2.24. The smallest absolute Gasteiger partial charge is 0.00637 e. The van der Waals surface area contributed by atoms with E-state index in [2.05, 4.69) is 56.3 Å². The van der Waals surface area contributed by atoms with Gasteiger partial charge in [0.15, 0.2) is 0 Å². The molecule has 78 valence electrons. The zero-order chi connectivity index (χ0) is 10.7. The van der Waals surface area contributed by atoms with E-state index in [9.17, 15) is 0 Å². The lowest BCUT2D eigenvalue weighted by molar-refractivity contribution is 0.836. The van der Waals surface area contributed by atoms with Crippen LogP contribution in [0.25, 0.3) is 0 Å². The topological polar surface area (TPSA) is 0 Å². The average molecular weight is 198 g/mol. The van der Waals surface area contributed by atoms with E-state index in [1.807, 2.05) is 0 Å². The van der Waals surface area contributed by atoms with Gasteiger partial charge in [-0.3, -0.25) is 0 Å². The van der Waals surface area contributed by atoms with Crippen molar-refractivity contribution in [3.63, 3.8) is 0 Å². The fraction of sp³-hybridized carbons (Fsp3) is 0.333. The van der Waals surface area contributed by atoms with Crippen molar-refractivity contribution in [1.82, 2.24) is 0 Å². The molecular formula is C15H18. The molecule has 0 heteroatoms. The zero-order valence-electron chi connectivity index (χ0n) is 9.53. The third-order valence-corrected chi connectivity index (χ3v) is 2.83. The largest absolute Gasteiger partial charge is 0.0786 e. The average Bonchev–Trinajstić information content (AvgIpc) is 2.17. The summed E-state index contributed by atoms with van der Waals surface area (Å²) in [7, 11) is 0. The first kappa shape index (κ1) is 10.2. The van der Waals surface area contributed by atoms with E-state index in [4.69, 9.17) is 0 Å². The molecule has 1 aliphatic carbocycles. The third kappa shape index (κ3) is 2.82. The molecule has 1 aromatic rings. The summed E-state index contributed by atoms with van der Waals surface area (Å²) in [4.78, 5) is 0. The standard InChI is InChI=1S/C15H18/c1-12-8-13(2)10-15(9-12)11-14-6-4-3-5-7-14/h3-9,12H,10-11H2,1-2H3. The SMILES string of the molecule is CC1=CC(C)C=C(Cc2ccccc2)C1. The Morgan fingerprint density at radius 2 is 1.87 bits per heavy atom. The predicted octanol–water partition coefficient (Wildman–Crippen LogP) is 4.14. The zero-order valence-corrected chi connectivity index (χ0v) is 9.53. The lowest BCUT2D eigenvalue weighted by atomic mass is 9.90. The van der Waals surface area contributed by atoms with Crippen LogP contribution in [0.5, 0.6) is 0 Å². The van der Waals surface area contributed by atoms with Gasteiger partial charge in [0.25, 0.3) is 0 Å². The maximum atomic E-state index is 2.40. The molecule has 0 aliphatic heterocycles. The van der Waals surface area contributed by atoms with Crippen molar-refractivity contribution in [3.05, 3.63) is 59.2 Å². The van der Waals surface area contributed by atoms with E-state index in [0.717, 1.165) is 12.8 Å². The Bertz CT molecular complexity index is 382. The lowest BCUT2D eigenvalue weighted by Crippen LogP contribution is -2.01. The second kappa shape index (κ2) is 4.48. The van der Waals surface area contributed by atoms with Crippen molar-refractivity contribution >= 4 is 0 Å². The summed E-state index contributed by atoms with van der Waals surface area (Å²) in [6.07, 6.45) is 7.02. The molecule has 0 N–H and O–H groups in total. The van der Waals surface area contributed by atoms with Gasteiger partial charge in [-0.25, -0.2) is 0 Å². The van der Waals surface area contributed by atoms with Crippen molar-refractivity contribution in [2.45, 2.75) is 26.7 Å². The quantitative estimate of drug-likeness (QED) is 0.626. The minimum atomic E-state index is 0.609. The summed E-state index contributed by atoms with van der Waals surface area (Å²) in [5, 5.41) is 0. The Hall–Kier alpha value is -1.30.